The number of hydrogen-bond acceptors (Lipinski definition) is 6. The Labute approximate surface area is 123 Å². The van der Waals surface area contributed by atoms with Crippen molar-refractivity contribution < 1.29 is 8.42 Å². The number of aryl methyl sites for hydroxylation is 1. The molecule has 2 rings (SSSR count). The molecule has 2 aromatic rings. The molecule has 2 heterocycles. The van der Waals surface area contributed by atoms with Crippen molar-refractivity contribution in [3.63, 3.8) is 0 Å². The van der Waals surface area contributed by atoms with E-state index in [-0.39, 0.29) is 5.03 Å². The number of aromatic amines is 2. The van der Waals surface area contributed by atoms with Crippen LogP contribution in [0.3, 0.4) is 0 Å². The number of sulfonamides is 1. The van der Waals surface area contributed by atoms with Gasteiger partial charge in [0.15, 0.2) is 5.03 Å². The zero-order chi connectivity index (χ0) is 15.1. The molecule has 21 heavy (non-hydrogen) atoms. The van der Waals surface area contributed by atoms with Crippen molar-refractivity contribution in [2.45, 2.75) is 31.3 Å². The van der Waals surface area contributed by atoms with Crippen molar-refractivity contribution in [1.82, 2.24) is 35.4 Å². The number of aromatic nitrogens is 5. The van der Waals surface area contributed by atoms with Crippen molar-refractivity contribution in [3.8, 4) is 0 Å². The lowest BCUT2D eigenvalue weighted by Crippen LogP contribution is -2.27. The molecule has 9 nitrogen and oxygen atoms in total. The average molecular weight is 313 g/mol. The molecule has 116 valence electrons. The highest BCUT2D eigenvalue weighted by atomic mass is 32.2. The van der Waals surface area contributed by atoms with E-state index in [4.69, 9.17) is 0 Å². The molecular formula is C11H19N7O2S. The fraction of sp³-hybridized carbons (Fsp3) is 0.545. The first-order chi connectivity index (χ1) is 10.1. The van der Waals surface area contributed by atoms with Gasteiger partial charge >= 0.3 is 0 Å². The summed E-state index contributed by atoms with van der Waals surface area (Å²) in [6.45, 7) is 3.50. The van der Waals surface area contributed by atoms with Gasteiger partial charge in [0.25, 0.3) is 10.0 Å². The van der Waals surface area contributed by atoms with Crippen LogP contribution in [0.15, 0.2) is 17.6 Å². The van der Waals surface area contributed by atoms with Crippen molar-refractivity contribution in [2.75, 3.05) is 13.1 Å². The number of nitrogens with one attached hydrogen (secondary N) is 4. The number of hydrogen-bond donors (Lipinski definition) is 4. The largest absolute Gasteiger partial charge is 0.313 e. The first kappa shape index (κ1) is 15.6. The molecule has 0 radical (unpaired) electrons. The zero-order valence-corrected chi connectivity index (χ0v) is 12.6. The maximum absolute atomic E-state index is 12.2. The Morgan fingerprint density at radius 1 is 1.29 bits per heavy atom. The maximum atomic E-state index is 12.2. The van der Waals surface area contributed by atoms with Crippen LogP contribution >= 0.6 is 0 Å². The summed E-state index contributed by atoms with van der Waals surface area (Å²) in [7, 11) is -3.57. The van der Waals surface area contributed by atoms with Crippen molar-refractivity contribution in [2.24, 2.45) is 0 Å². The van der Waals surface area contributed by atoms with Crippen molar-refractivity contribution in [3.05, 3.63) is 23.9 Å². The second-order valence-corrected chi connectivity index (χ2v) is 6.14. The van der Waals surface area contributed by atoms with Gasteiger partial charge in [0.1, 0.15) is 12.2 Å². The predicted octanol–water partition coefficient (Wildman–Crippen LogP) is -0.452. The molecule has 0 saturated heterocycles. The number of rotatable bonds is 9. The summed E-state index contributed by atoms with van der Waals surface area (Å²) >= 11 is 0. The van der Waals surface area contributed by atoms with Crippen LogP contribution < -0.4 is 10.0 Å². The molecule has 0 aliphatic carbocycles. The van der Waals surface area contributed by atoms with Gasteiger partial charge in [-0.15, -0.1) is 0 Å². The van der Waals surface area contributed by atoms with E-state index < -0.39 is 10.0 Å². The maximum Gasteiger partial charge on any atom is 0.257 e. The molecule has 0 aliphatic rings. The highest BCUT2D eigenvalue weighted by molar-refractivity contribution is 7.89. The van der Waals surface area contributed by atoms with E-state index in [0.29, 0.717) is 31.5 Å². The highest BCUT2D eigenvalue weighted by Crippen LogP contribution is 2.11. The van der Waals surface area contributed by atoms with Crippen LogP contribution in [-0.4, -0.2) is 46.9 Å². The first-order valence-corrected chi connectivity index (χ1v) is 8.18. The van der Waals surface area contributed by atoms with E-state index >= 15 is 0 Å². The molecule has 0 aromatic carbocycles. The monoisotopic (exact) mass is 313 g/mol. The van der Waals surface area contributed by atoms with E-state index in [1.165, 1.54) is 12.5 Å². The van der Waals surface area contributed by atoms with E-state index in [1.807, 2.05) is 6.92 Å². The average Bonchev–Trinajstić information content (AvgIpc) is 3.12. The fourth-order valence-electron chi connectivity index (χ4n) is 1.80. The standard InChI is InChI=1S/C11H19N7O2S/c1-2-12-6-9-7-14-18-11(9)21(19,20)16-5-3-4-10-13-8-15-17-10/h7-8,12,16H,2-6H2,1H3,(H,14,18)(H,13,15,17). The van der Waals surface area contributed by atoms with E-state index in [2.05, 4.69) is 35.4 Å². The third kappa shape index (κ3) is 4.34. The van der Waals surface area contributed by atoms with Crippen LogP contribution in [0.1, 0.15) is 24.7 Å². The Morgan fingerprint density at radius 2 is 2.14 bits per heavy atom. The lowest BCUT2D eigenvalue weighted by Gasteiger charge is -2.07. The van der Waals surface area contributed by atoms with Gasteiger partial charge in [-0.05, 0) is 13.0 Å². The van der Waals surface area contributed by atoms with Gasteiger partial charge < -0.3 is 5.32 Å². The second-order valence-electron chi connectivity index (χ2n) is 4.44. The molecule has 10 heteroatoms. The van der Waals surface area contributed by atoms with E-state index in [9.17, 15) is 8.42 Å². The van der Waals surface area contributed by atoms with Gasteiger partial charge in [0.2, 0.25) is 0 Å². The summed E-state index contributed by atoms with van der Waals surface area (Å²) in [5.41, 5.74) is 0.625. The summed E-state index contributed by atoms with van der Waals surface area (Å²) in [4.78, 5) is 3.98. The predicted molar refractivity (Wildman–Crippen MR) is 75.9 cm³/mol. The van der Waals surface area contributed by atoms with Crippen LogP contribution in [0.25, 0.3) is 0 Å². The van der Waals surface area contributed by atoms with Gasteiger partial charge in [-0.3, -0.25) is 10.2 Å². The second kappa shape index (κ2) is 7.29. The number of H-pyrrole nitrogens is 2. The molecular weight excluding hydrogens is 294 g/mol. The highest BCUT2D eigenvalue weighted by Gasteiger charge is 2.19. The van der Waals surface area contributed by atoms with Gasteiger partial charge in [-0.25, -0.2) is 18.1 Å². The van der Waals surface area contributed by atoms with Gasteiger partial charge in [0, 0.05) is 25.1 Å². The van der Waals surface area contributed by atoms with Gasteiger partial charge in [0.05, 0.1) is 6.20 Å². The summed E-state index contributed by atoms with van der Waals surface area (Å²) in [6.07, 6.45) is 4.21. The summed E-state index contributed by atoms with van der Waals surface area (Å²) in [5, 5.41) is 16.0. The van der Waals surface area contributed by atoms with Crippen LogP contribution in [0.5, 0.6) is 0 Å². The first-order valence-electron chi connectivity index (χ1n) is 6.70. The quantitative estimate of drug-likeness (QED) is 0.464. The molecule has 4 N–H and O–H groups in total. The summed E-state index contributed by atoms with van der Waals surface area (Å²) < 4.78 is 26.9. The molecule has 0 bridgehead atoms. The molecule has 0 fully saturated rings. The van der Waals surface area contributed by atoms with Crippen molar-refractivity contribution in [1.29, 1.82) is 0 Å². The third-order valence-corrected chi connectivity index (χ3v) is 4.33. The Balaban J connectivity index is 1.87. The minimum atomic E-state index is -3.57. The molecule has 0 spiro atoms. The molecule has 0 aliphatic heterocycles. The molecule has 0 saturated carbocycles. The summed E-state index contributed by atoms with van der Waals surface area (Å²) in [6, 6.07) is 0. The molecule has 0 amide bonds. The number of nitrogens with zero attached hydrogens (tertiary/aromatic N) is 3. The third-order valence-electron chi connectivity index (χ3n) is 2.86. The van der Waals surface area contributed by atoms with E-state index in [1.54, 1.807) is 0 Å². The van der Waals surface area contributed by atoms with Crippen LogP contribution in [0.4, 0.5) is 0 Å². The Bertz CT molecular complexity index is 635. The van der Waals surface area contributed by atoms with Crippen LogP contribution in [0, 0.1) is 0 Å². The Morgan fingerprint density at radius 3 is 2.86 bits per heavy atom. The minimum absolute atomic E-state index is 0.114. The van der Waals surface area contributed by atoms with Gasteiger partial charge in [-0.2, -0.15) is 10.2 Å². The van der Waals surface area contributed by atoms with E-state index in [0.717, 1.165) is 12.4 Å². The Kier molecular flexibility index (Phi) is 5.42. The molecule has 2 aromatic heterocycles. The lowest BCUT2D eigenvalue weighted by molar-refractivity contribution is 0.571. The minimum Gasteiger partial charge on any atom is -0.313 e. The lowest BCUT2D eigenvalue weighted by atomic mass is 10.3. The smallest absolute Gasteiger partial charge is 0.257 e. The van der Waals surface area contributed by atoms with Crippen LogP contribution in [0.2, 0.25) is 0 Å². The molecule has 0 unspecified atom stereocenters. The topological polar surface area (TPSA) is 128 Å². The van der Waals surface area contributed by atoms with Crippen molar-refractivity contribution >= 4 is 10.0 Å². The fourth-order valence-corrected chi connectivity index (χ4v) is 3.00. The Hall–Kier alpha value is -1.78. The molecule has 0 atom stereocenters. The normalized spacial score (nSPS) is 11.9. The van der Waals surface area contributed by atoms with Crippen LogP contribution in [-0.2, 0) is 23.0 Å². The summed E-state index contributed by atoms with van der Waals surface area (Å²) in [5.74, 6) is 0.739. The van der Waals surface area contributed by atoms with Gasteiger partial charge in [-0.1, -0.05) is 6.92 Å². The SMILES string of the molecule is CCNCc1cn[nH]c1S(=O)(=O)NCCCc1ncn[nH]1. The zero-order valence-electron chi connectivity index (χ0n) is 11.8.